The summed E-state index contributed by atoms with van der Waals surface area (Å²) in [5.41, 5.74) is -1.30. The van der Waals surface area contributed by atoms with Gasteiger partial charge >= 0.3 is 4.96 Å². The molecule has 1 aromatic rings. The molecule has 0 radical (unpaired) electrons. The lowest BCUT2D eigenvalue weighted by atomic mass is 9.82. The second-order valence-electron chi connectivity index (χ2n) is 23.4. The minimum absolute atomic E-state index is 0.0378. The molecule has 480 valence electrons. The fourth-order valence-corrected chi connectivity index (χ4v) is 14.5. The van der Waals surface area contributed by atoms with E-state index in [1.807, 2.05) is 94.2 Å². The molecule has 0 spiro atoms. The molecular weight excluding hydrogens is 1250 g/mol. The summed E-state index contributed by atoms with van der Waals surface area (Å²) < 4.78 is 36.0. The predicted octanol–water partition coefficient (Wildman–Crippen LogP) is 5.21. The van der Waals surface area contributed by atoms with E-state index in [0.717, 1.165) is 26.2 Å². The Morgan fingerprint density at radius 3 is 1.27 bits per heavy atom. The van der Waals surface area contributed by atoms with Gasteiger partial charge in [-0.25, -0.2) is 0 Å². The van der Waals surface area contributed by atoms with Crippen LogP contribution in [0.4, 0.5) is 0 Å². The lowest BCUT2D eigenvalue weighted by Gasteiger charge is -2.45. The Bertz CT molecular complexity index is 2340. The third kappa shape index (κ3) is 19.7. The van der Waals surface area contributed by atoms with Gasteiger partial charge in [0.2, 0.25) is 0 Å². The Morgan fingerprint density at radius 2 is 0.917 bits per heavy atom. The Morgan fingerprint density at radius 1 is 0.595 bits per heavy atom. The lowest BCUT2D eigenvalue weighted by molar-refractivity contribution is -0.208. The maximum atomic E-state index is 10.6. The van der Waals surface area contributed by atoms with Crippen molar-refractivity contribution in [3.63, 3.8) is 0 Å². The van der Waals surface area contributed by atoms with Crippen molar-refractivity contribution in [3.8, 4) is 0 Å². The summed E-state index contributed by atoms with van der Waals surface area (Å²) in [7, 11) is 15.2. The van der Waals surface area contributed by atoms with E-state index in [0.29, 0.717) is 19.1 Å². The molecule has 0 bridgehead atoms. The summed E-state index contributed by atoms with van der Waals surface area (Å²) in [6, 6.07) is 8.79. The van der Waals surface area contributed by atoms with E-state index in [1.165, 1.54) is 35.3 Å². The number of amidine groups is 4. The van der Waals surface area contributed by atoms with Crippen molar-refractivity contribution >= 4 is 119 Å². The second-order valence-corrected chi connectivity index (χ2v) is 30.6. The number of benzene rings is 1. The van der Waals surface area contributed by atoms with Crippen LogP contribution in [0.5, 0.6) is 0 Å². The number of thioether (sulfide) groups is 4. The summed E-state index contributed by atoms with van der Waals surface area (Å²) in [6.45, 7) is 20.7. The maximum Gasteiger partial charge on any atom is 0.450 e. The van der Waals surface area contributed by atoms with Gasteiger partial charge in [0.05, 0.1) is 34.9 Å². The van der Waals surface area contributed by atoms with Crippen LogP contribution >= 0.6 is 93.0 Å². The van der Waals surface area contributed by atoms with Crippen LogP contribution in [0.2, 0.25) is 0 Å². The molecule has 30 heteroatoms. The van der Waals surface area contributed by atoms with Crippen LogP contribution in [0.1, 0.15) is 76.1 Å². The molecular formula is C54H91BCl4N8O13S4. The molecule has 4 fully saturated rings. The average molecular weight is 1340 g/mol. The molecule has 9 rings (SSSR count). The Balaban J connectivity index is 0.000000236. The average Bonchev–Trinajstić information content (AvgIpc) is 2.30. The van der Waals surface area contributed by atoms with Crippen molar-refractivity contribution in [1.82, 2.24) is 19.6 Å². The molecule has 1 aromatic carbocycles. The molecule has 8 N–H and O–H groups in total. The van der Waals surface area contributed by atoms with Gasteiger partial charge in [-0.05, 0) is 59.6 Å². The number of alkyl halides is 1. The first-order chi connectivity index (χ1) is 39.3. The zero-order valence-electron chi connectivity index (χ0n) is 52.0. The fourth-order valence-electron chi connectivity index (χ4n) is 9.78. The first-order valence-electron chi connectivity index (χ1n) is 28.0. The van der Waals surface area contributed by atoms with E-state index < -0.39 is 94.1 Å². The van der Waals surface area contributed by atoms with E-state index in [-0.39, 0.29) is 45.9 Å². The maximum absolute atomic E-state index is 10.6. The highest BCUT2D eigenvalue weighted by atomic mass is 35.6. The second kappa shape index (κ2) is 32.3. The molecule has 84 heavy (non-hydrogen) atoms. The van der Waals surface area contributed by atoms with Crippen molar-refractivity contribution < 1.29 is 65.9 Å². The number of aliphatic hydroxyl groups is 8. The third-order valence-corrected chi connectivity index (χ3v) is 19.3. The van der Waals surface area contributed by atoms with Gasteiger partial charge < -0.3 is 84.1 Å². The highest BCUT2D eigenvalue weighted by molar-refractivity contribution is 8.15. The summed E-state index contributed by atoms with van der Waals surface area (Å²) in [5.74, 6) is 0.0378. The van der Waals surface area contributed by atoms with Crippen LogP contribution in [-0.4, -0.2) is 272 Å². The third-order valence-electron chi connectivity index (χ3n) is 13.9. The van der Waals surface area contributed by atoms with Crippen LogP contribution in [-0.2, 0) is 30.3 Å². The van der Waals surface area contributed by atoms with Crippen molar-refractivity contribution in [3.05, 3.63) is 48.0 Å². The lowest BCUT2D eigenvalue weighted by Crippen LogP contribution is -2.61. The largest absolute Gasteiger partial charge is 0.450 e. The number of hydrogen-bond donors (Lipinski definition) is 8. The smallest absolute Gasteiger partial charge is 0.388 e. The quantitative estimate of drug-likeness (QED) is 0.0989. The van der Waals surface area contributed by atoms with E-state index in [9.17, 15) is 40.9 Å². The molecule has 8 aliphatic heterocycles. The topological polar surface area (TPSA) is 270 Å². The minimum Gasteiger partial charge on any atom is -0.388 e. The van der Waals surface area contributed by atoms with Crippen LogP contribution in [0, 0.1) is 5.92 Å². The molecule has 0 aromatic heterocycles. The van der Waals surface area contributed by atoms with Gasteiger partial charge in [-0.15, -0.1) is 11.6 Å². The Labute approximate surface area is 535 Å². The number of hydrogen-bond acceptors (Lipinski definition) is 25. The number of nitrogens with zero attached hydrogens (tertiary/aromatic N) is 8. The number of fused-ring (bicyclic) bond motifs is 4. The predicted molar refractivity (Wildman–Crippen MR) is 347 cm³/mol. The molecule has 0 aliphatic carbocycles. The standard InChI is InChI=1S/C19H28N2O3S.C11H19ClN2O3S.C11H20N2O4S.C11H18N2O3S.C2H6.BCl3/c1-12-15(23-11-13-9-7-6-8-10-13)14-17(24-16(12)19(2,3)22)25-18(20-14)21(4)5;1-11(2,12)8-7(16)6(15)5-9(17-8)18-10(13-5)14(3)4;1-11(2,16)8-7(15)6(14)5-9(17-8)18-10(12-5)13(3)4;1-5(2)9-8(15)7(14)6-10(16-9)17-11(12-6)13(3)4;1-2;2-1(3)4/h6-10,12,14-17,22H,11H2,1-5H3;5-9,15-16H,1-4H3;5-9,14-16H,1-4H3;6-10,14-15H,1H2,2-4H3;1-2H3;/t12-,14+,15-,16-,17+;2*5-,6-,7+,8+,9-;6-,7-,8+,9-,10-;;/m0111../s1/i;;;;1D;. The molecule has 4 saturated heterocycles. The summed E-state index contributed by atoms with van der Waals surface area (Å²) in [6.07, 6.45) is -8.34. The number of halogens is 4. The van der Waals surface area contributed by atoms with E-state index in [2.05, 4.69) is 40.6 Å². The van der Waals surface area contributed by atoms with Crippen molar-refractivity contribution in [1.29, 1.82) is 0 Å². The molecule has 8 aliphatic rings. The summed E-state index contributed by atoms with van der Waals surface area (Å²) >= 11 is 26.6. The zero-order valence-corrected chi connectivity index (χ0v) is 57.3. The van der Waals surface area contributed by atoms with Gasteiger partial charge in [0.1, 0.15) is 101 Å². The zero-order chi connectivity index (χ0) is 64.5. The van der Waals surface area contributed by atoms with Crippen LogP contribution in [0.3, 0.4) is 0 Å². The molecule has 0 amide bonds. The van der Waals surface area contributed by atoms with Crippen molar-refractivity contribution in [2.45, 2.75) is 205 Å². The van der Waals surface area contributed by atoms with Crippen LogP contribution in [0.15, 0.2) is 62.5 Å². The molecule has 21 nitrogen and oxygen atoms in total. The van der Waals surface area contributed by atoms with Crippen LogP contribution in [0.25, 0.3) is 0 Å². The molecule has 0 saturated carbocycles. The van der Waals surface area contributed by atoms with Crippen LogP contribution < -0.4 is 0 Å². The van der Waals surface area contributed by atoms with Crippen molar-refractivity contribution in [2.75, 3.05) is 56.4 Å². The van der Waals surface area contributed by atoms with Gasteiger partial charge in [0.15, 0.2) is 20.7 Å². The number of rotatable bonds is 7. The van der Waals surface area contributed by atoms with Gasteiger partial charge in [0.25, 0.3) is 0 Å². The van der Waals surface area contributed by atoms with E-state index >= 15 is 0 Å². The first-order valence-corrected chi connectivity index (χ1v) is 32.5. The SMILES string of the molecule is C=C(C)[C@H]1O[C@@H]2SC(N(C)C)=N[C@@H]2[C@@H](O)[C@@H]1O.CN(C)C1=N[C@@H]2[C@@H](O)[C@H](O)[C@@H](C(C)(C)Cl)O[C@@H]2S1.CN(C)C1=N[C@@H]2[C@@H](O)[C@H](O)[C@@H](C(C)(C)O)O[C@@H]2S1.C[C@H]1[C@H](OCc2ccccc2)[C@H]2N=C(N(C)C)S[C@H]2O[C@@H]1C(C)(C)O.ClB(Cl)Cl.[2H]CC. The Hall–Kier alpha value is -1.06. The highest BCUT2D eigenvalue weighted by Gasteiger charge is 2.55. The van der Waals surface area contributed by atoms with Gasteiger partial charge in [-0.1, -0.05) is 105 Å². The number of aliphatic imine (C=N–C) groups is 4. The highest BCUT2D eigenvalue weighted by Crippen LogP contribution is 2.45. The monoisotopic (exact) mass is 1340 g/mol. The number of aliphatic hydroxyl groups excluding tert-OH is 6. The summed E-state index contributed by atoms with van der Waals surface area (Å²) in [5, 5.41) is 84.2. The molecule has 0 unspecified atom stereocenters. The minimum atomic E-state index is -1.22. The van der Waals surface area contributed by atoms with Gasteiger partial charge in [-0.2, -0.15) is 34.4 Å². The summed E-state index contributed by atoms with van der Waals surface area (Å²) in [4.78, 5) is 24.0. The molecule has 8 heterocycles. The first kappa shape index (κ1) is 73.7. The van der Waals surface area contributed by atoms with Gasteiger partial charge in [-0.3, -0.25) is 20.0 Å². The van der Waals surface area contributed by atoms with E-state index in [1.54, 1.807) is 67.2 Å². The normalized spacial score (nSPS) is 35.7. The van der Waals surface area contributed by atoms with Gasteiger partial charge in [0, 0.05) is 63.7 Å². The fraction of sp³-hybridized carbons (Fsp3) is 0.778. The van der Waals surface area contributed by atoms with E-state index in [4.69, 9.17) is 76.0 Å². The van der Waals surface area contributed by atoms with Crippen molar-refractivity contribution in [2.24, 2.45) is 25.9 Å². The number of ether oxygens (including phenoxy) is 5. The Kier molecular flexibility index (Phi) is 28.3. The molecule has 20 atom stereocenters.